The van der Waals surface area contributed by atoms with Gasteiger partial charge in [-0.05, 0) is 24.5 Å². The molecule has 0 spiro atoms. The lowest BCUT2D eigenvalue weighted by molar-refractivity contribution is -0.132. The van der Waals surface area contributed by atoms with Crippen molar-refractivity contribution >= 4 is 17.7 Å². The molecule has 1 aliphatic heterocycles. The monoisotopic (exact) mass is 243 g/mol. The van der Waals surface area contributed by atoms with E-state index in [0.717, 1.165) is 19.0 Å². The van der Waals surface area contributed by atoms with Crippen molar-refractivity contribution in [2.45, 2.75) is 25.7 Å². The molecule has 0 radical (unpaired) electrons. The quantitative estimate of drug-likeness (QED) is 0.753. The van der Waals surface area contributed by atoms with Crippen molar-refractivity contribution in [3.63, 3.8) is 0 Å². The van der Waals surface area contributed by atoms with E-state index in [1.807, 2.05) is 16.7 Å². The molecule has 3 nitrogen and oxygen atoms in total. The first-order chi connectivity index (χ1) is 7.86. The number of nitrogens with zero attached hydrogens (tertiary/aromatic N) is 1. The molecule has 1 heterocycles. The Hall–Kier alpha value is -0.220. The second kappa shape index (κ2) is 6.50. The van der Waals surface area contributed by atoms with E-state index >= 15 is 0 Å². The minimum absolute atomic E-state index is 0.297. The molecule has 4 heteroatoms. The third-order valence-corrected chi connectivity index (χ3v) is 4.58. The highest BCUT2D eigenvalue weighted by atomic mass is 32.2. The molecule has 2 rings (SSSR count). The van der Waals surface area contributed by atoms with E-state index in [1.54, 1.807) is 0 Å². The van der Waals surface area contributed by atoms with Crippen LogP contribution in [-0.4, -0.2) is 48.6 Å². The summed E-state index contributed by atoms with van der Waals surface area (Å²) in [6.45, 7) is 2.98. The molecule has 16 heavy (non-hydrogen) atoms. The zero-order chi connectivity index (χ0) is 11.2. The highest BCUT2D eigenvalue weighted by molar-refractivity contribution is 7.99. The molecule has 0 unspecified atom stereocenters. The van der Waals surface area contributed by atoms with Crippen molar-refractivity contribution in [1.82, 2.24) is 4.90 Å². The smallest absolute Gasteiger partial charge is 0.232 e. The molecule has 2 aliphatic rings. The molecule has 1 saturated heterocycles. The third kappa shape index (κ3) is 3.67. The molecular weight excluding hydrogens is 222 g/mol. The van der Waals surface area contributed by atoms with Gasteiger partial charge < -0.3 is 9.64 Å². The summed E-state index contributed by atoms with van der Waals surface area (Å²) < 4.78 is 5.23. The van der Waals surface area contributed by atoms with Crippen LogP contribution >= 0.6 is 11.8 Å². The Balaban J connectivity index is 1.59. The van der Waals surface area contributed by atoms with E-state index in [2.05, 4.69) is 0 Å². The van der Waals surface area contributed by atoms with Gasteiger partial charge >= 0.3 is 0 Å². The van der Waals surface area contributed by atoms with E-state index in [9.17, 15) is 4.79 Å². The fraction of sp³-hybridized carbons (Fsp3) is 0.917. The average Bonchev–Trinajstić information content (AvgIpc) is 2.83. The Morgan fingerprint density at radius 3 is 2.62 bits per heavy atom. The van der Waals surface area contributed by atoms with Gasteiger partial charge in [0.1, 0.15) is 0 Å². The molecule has 0 aromatic rings. The van der Waals surface area contributed by atoms with Crippen molar-refractivity contribution in [3.05, 3.63) is 0 Å². The van der Waals surface area contributed by atoms with Crippen molar-refractivity contribution < 1.29 is 9.53 Å². The maximum atomic E-state index is 11.8. The first-order valence-corrected chi connectivity index (χ1v) is 7.45. The van der Waals surface area contributed by atoms with Crippen LogP contribution in [0.25, 0.3) is 0 Å². The van der Waals surface area contributed by atoms with Gasteiger partial charge in [0.15, 0.2) is 0 Å². The minimum atomic E-state index is 0.297. The van der Waals surface area contributed by atoms with Gasteiger partial charge in [-0.15, -0.1) is 0 Å². The predicted molar refractivity (Wildman–Crippen MR) is 66.7 cm³/mol. The minimum Gasteiger partial charge on any atom is -0.378 e. The summed E-state index contributed by atoms with van der Waals surface area (Å²) >= 11 is 1.82. The van der Waals surface area contributed by atoms with Crippen molar-refractivity contribution in [1.29, 1.82) is 0 Å². The summed E-state index contributed by atoms with van der Waals surface area (Å²) in [5.74, 6) is 3.01. The summed E-state index contributed by atoms with van der Waals surface area (Å²) in [5, 5.41) is 0. The zero-order valence-corrected chi connectivity index (χ0v) is 10.6. The molecule has 1 amide bonds. The molecule has 0 bridgehead atoms. The van der Waals surface area contributed by atoms with Crippen LogP contribution < -0.4 is 0 Å². The number of amides is 1. The largest absolute Gasteiger partial charge is 0.378 e. The number of rotatable bonds is 4. The number of morpholine rings is 1. The maximum absolute atomic E-state index is 11.8. The van der Waals surface area contributed by atoms with Gasteiger partial charge in [0.05, 0.1) is 19.0 Å². The van der Waals surface area contributed by atoms with Gasteiger partial charge in [-0.25, -0.2) is 0 Å². The highest BCUT2D eigenvalue weighted by Crippen LogP contribution is 2.27. The summed E-state index contributed by atoms with van der Waals surface area (Å²) in [6, 6.07) is 0. The lowest BCUT2D eigenvalue weighted by Gasteiger charge is -2.26. The maximum Gasteiger partial charge on any atom is 0.232 e. The molecule has 0 N–H and O–H groups in total. The van der Waals surface area contributed by atoms with E-state index in [1.165, 1.54) is 31.4 Å². The Morgan fingerprint density at radius 2 is 1.94 bits per heavy atom. The van der Waals surface area contributed by atoms with Crippen LogP contribution in [0.2, 0.25) is 0 Å². The molecule has 0 aromatic carbocycles. The number of hydrogen-bond donors (Lipinski definition) is 0. The van der Waals surface area contributed by atoms with Crippen molar-refractivity contribution in [2.24, 2.45) is 5.92 Å². The molecule has 2 fully saturated rings. The standard InChI is InChI=1S/C12H21NO2S/c14-12(13-5-7-15-8-6-13)10-16-9-11-3-1-2-4-11/h11H,1-10H2. The van der Waals surface area contributed by atoms with E-state index in [4.69, 9.17) is 4.74 Å². The van der Waals surface area contributed by atoms with Crippen molar-refractivity contribution in [2.75, 3.05) is 37.8 Å². The van der Waals surface area contributed by atoms with Crippen LogP contribution in [0, 0.1) is 5.92 Å². The van der Waals surface area contributed by atoms with Gasteiger partial charge in [0.2, 0.25) is 5.91 Å². The van der Waals surface area contributed by atoms with Crippen LogP contribution in [-0.2, 0) is 9.53 Å². The summed E-state index contributed by atoms with van der Waals surface area (Å²) in [5.41, 5.74) is 0. The van der Waals surface area contributed by atoms with Crippen LogP contribution in [0.1, 0.15) is 25.7 Å². The number of carbonyl (C=O) groups excluding carboxylic acids is 1. The van der Waals surface area contributed by atoms with E-state index < -0.39 is 0 Å². The van der Waals surface area contributed by atoms with Gasteiger partial charge in [-0.3, -0.25) is 4.79 Å². The van der Waals surface area contributed by atoms with Crippen LogP contribution in [0.4, 0.5) is 0 Å². The van der Waals surface area contributed by atoms with Gasteiger partial charge in [0, 0.05) is 13.1 Å². The van der Waals surface area contributed by atoms with E-state index in [0.29, 0.717) is 24.9 Å². The second-order valence-corrected chi connectivity index (χ2v) is 5.69. The Kier molecular flexibility index (Phi) is 4.97. The van der Waals surface area contributed by atoms with Gasteiger partial charge in [-0.1, -0.05) is 12.8 Å². The average molecular weight is 243 g/mol. The molecule has 92 valence electrons. The number of thioether (sulfide) groups is 1. The molecule has 1 saturated carbocycles. The normalized spacial score (nSPS) is 22.6. The third-order valence-electron chi connectivity index (χ3n) is 3.42. The lowest BCUT2D eigenvalue weighted by Crippen LogP contribution is -2.41. The molecule has 0 aromatic heterocycles. The summed E-state index contributed by atoms with van der Waals surface area (Å²) in [6.07, 6.45) is 5.53. The Morgan fingerprint density at radius 1 is 1.25 bits per heavy atom. The number of ether oxygens (including phenoxy) is 1. The van der Waals surface area contributed by atoms with Crippen LogP contribution in [0.15, 0.2) is 0 Å². The SMILES string of the molecule is O=C(CSCC1CCCC1)N1CCOCC1. The van der Waals surface area contributed by atoms with Gasteiger partial charge in [-0.2, -0.15) is 11.8 Å². The Bertz CT molecular complexity index is 223. The fourth-order valence-corrected chi connectivity index (χ4v) is 3.54. The zero-order valence-electron chi connectivity index (χ0n) is 9.82. The van der Waals surface area contributed by atoms with Gasteiger partial charge in [0.25, 0.3) is 0 Å². The first-order valence-electron chi connectivity index (χ1n) is 6.29. The number of carbonyl (C=O) groups is 1. The highest BCUT2D eigenvalue weighted by Gasteiger charge is 2.18. The topological polar surface area (TPSA) is 29.5 Å². The second-order valence-electron chi connectivity index (χ2n) is 4.66. The summed E-state index contributed by atoms with van der Waals surface area (Å²) in [4.78, 5) is 13.8. The molecular formula is C12H21NO2S. The first kappa shape index (κ1) is 12.2. The predicted octanol–water partition coefficient (Wildman–Crippen LogP) is 1.77. The molecule has 0 atom stereocenters. The number of hydrogen-bond acceptors (Lipinski definition) is 3. The molecule has 1 aliphatic carbocycles. The van der Waals surface area contributed by atoms with Crippen LogP contribution in [0.5, 0.6) is 0 Å². The van der Waals surface area contributed by atoms with Crippen LogP contribution in [0.3, 0.4) is 0 Å². The van der Waals surface area contributed by atoms with E-state index in [-0.39, 0.29) is 0 Å². The van der Waals surface area contributed by atoms with Crippen molar-refractivity contribution in [3.8, 4) is 0 Å². The fourth-order valence-electron chi connectivity index (χ4n) is 2.39. The lowest BCUT2D eigenvalue weighted by atomic mass is 10.1. The Labute approximate surface area is 102 Å². The summed E-state index contributed by atoms with van der Waals surface area (Å²) in [7, 11) is 0.